The lowest BCUT2D eigenvalue weighted by Crippen LogP contribution is -2.47. The fourth-order valence-corrected chi connectivity index (χ4v) is 3.77. The zero-order valence-electron chi connectivity index (χ0n) is 18.6. The summed E-state index contributed by atoms with van der Waals surface area (Å²) in [6, 6.07) is 21.7. The van der Waals surface area contributed by atoms with Gasteiger partial charge in [-0.15, -0.1) is 0 Å². The van der Waals surface area contributed by atoms with Gasteiger partial charge >= 0.3 is 0 Å². The Morgan fingerprint density at radius 1 is 0.939 bits per heavy atom. The number of carbonyl (C=O) groups excluding carboxylic acids is 1. The van der Waals surface area contributed by atoms with E-state index in [1.54, 1.807) is 31.4 Å². The highest BCUT2D eigenvalue weighted by Crippen LogP contribution is 2.31. The van der Waals surface area contributed by atoms with Crippen molar-refractivity contribution in [2.45, 2.75) is 6.54 Å². The molecule has 0 N–H and O–H groups in total. The van der Waals surface area contributed by atoms with Gasteiger partial charge in [0.05, 0.1) is 7.11 Å². The highest BCUT2D eigenvalue weighted by atomic mass is 19.1. The van der Waals surface area contributed by atoms with Crippen molar-refractivity contribution in [1.29, 1.82) is 0 Å². The van der Waals surface area contributed by atoms with Gasteiger partial charge in [-0.2, -0.15) is 0 Å². The second-order valence-corrected chi connectivity index (χ2v) is 7.89. The van der Waals surface area contributed by atoms with Gasteiger partial charge in [-0.25, -0.2) is 4.39 Å². The van der Waals surface area contributed by atoms with Crippen molar-refractivity contribution in [1.82, 2.24) is 9.80 Å². The molecule has 3 aromatic carbocycles. The molecular weight excluding hydrogens is 419 g/mol. The maximum absolute atomic E-state index is 13.0. The smallest absolute Gasteiger partial charge is 0.246 e. The normalized spacial score (nSPS) is 14.4. The Bertz CT molecular complexity index is 1110. The predicted octanol–water partition coefficient (Wildman–Crippen LogP) is 4.98. The summed E-state index contributed by atoms with van der Waals surface area (Å²) in [5, 5.41) is 0. The molecule has 1 aliphatic rings. The Balaban J connectivity index is 1.29. The summed E-state index contributed by atoms with van der Waals surface area (Å²) >= 11 is 0. The number of halogens is 1. The molecule has 1 heterocycles. The standard InChI is InChI=1S/C27H27FN2O3/c1-32-25-7-2-3-8-26(25)33-24-6-4-5-22(19-24)20-29-15-17-30(18-16-29)27(31)14-11-21-9-12-23(28)13-10-21/h2-14,19H,15-18,20H2,1H3. The van der Waals surface area contributed by atoms with Crippen molar-refractivity contribution in [3.63, 3.8) is 0 Å². The van der Waals surface area contributed by atoms with Gasteiger partial charge in [0.1, 0.15) is 11.6 Å². The van der Waals surface area contributed by atoms with Crippen LogP contribution in [0, 0.1) is 5.82 Å². The zero-order valence-corrected chi connectivity index (χ0v) is 18.6. The van der Waals surface area contributed by atoms with Gasteiger partial charge in [-0.1, -0.05) is 36.4 Å². The molecule has 1 aliphatic heterocycles. The van der Waals surface area contributed by atoms with Crippen LogP contribution >= 0.6 is 0 Å². The molecule has 0 saturated carbocycles. The maximum atomic E-state index is 13.0. The summed E-state index contributed by atoms with van der Waals surface area (Å²) < 4.78 is 24.4. The van der Waals surface area contributed by atoms with Crippen LogP contribution in [0.4, 0.5) is 4.39 Å². The summed E-state index contributed by atoms with van der Waals surface area (Å²) in [4.78, 5) is 16.7. The molecule has 170 valence electrons. The molecule has 1 amide bonds. The molecule has 0 aliphatic carbocycles. The third-order valence-electron chi connectivity index (χ3n) is 5.57. The van der Waals surface area contributed by atoms with Crippen LogP contribution in [-0.2, 0) is 11.3 Å². The molecule has 1 fully saturated rings. The van der Waals surface area contributed by atoms with Gasteiger partial charge in [0.25, 0.3) is 0 Å². The summed E-state index contributed by atoms with van der Waals surface area (Å²) in [7, 11) is 1.63. The van der Waals surface area contributed by atoms with E-state index in [1.807, 2.05) is 47.4 Å². The monoisotopic (exact) mass is 446 g/mol. The number of carbonyl (C=O) groups is 1. The number of hydrogen-bond donors (Lipinski definition) is 0. The van der Waals surface area contributed by atoms with Crippen LogP contribution in [0.5, 0.6) is 17.2 Å². The van der Waals surface area contributed by atoms with Crippen molar-refractivity contribution >= 4 is 12.0 Å². The first-order chi connectivity index (χ1) is 16.1. The second kappa shape index (κ2) is 10.8. The van der Waals surface area contributed by atoms with Crippen molar-refractivity contribution < 1.29 is 18.7 Å². The fraction of sp³-hybridized carbons (Fsp3) is 0.222. The molecule has 0 atom stereocenters. The lowest BCUT2D eigenvalue weighted by atomic mass is 10.1. The second-order valence-electron chi connectivity index (χ2n) is 7.89. The minimum absolute atomic E-state index is 0.0221. The number of hydrogen-bond acceptors (Lipinski definition) is 4. The Morgan fingerprint density at radius 3 is 2.39 bits per heavy atom. The summed E-state index contributed by atoms with van der Waals surface area (Å²) in [5.74, 6) is 1.82. The number of ether oxygens (including phenoxy) is 2. The molecule has 3 aromatic rings. The maximum Gasteiger partial charge on any atom is 0.246 e. The molecule has 0 unspecified atom stereocenters. The van der Waals surface area contributed by atoms with E-state index in [-0.39, 0.29) is 11.7 Å². The number of methoxy groups -OCH3 is 1. The Kier molecular flexibility index (Phi) is 7.37. The van der Waals surface area contributed by atoms with E-state index in [4.69, 9.17) is 9.47 Å². The van der Waals surface area contributed by atoms with Crippen molar-refractivity contribution in [2.24, 2.45) is 0 Å². The van der Waals surface area contributed by atoms with Crippen molar-refractivity contribution in [2.75, 3.05) is 33.3 Å². The number of nitrogens with zero attached hydrogens (tertiary/aromatic N) is 2. The molecule has 33 heavy (non-hydrogen) atoms. The molecular formula is C27H27FN2O3. The van der Waals surface area contributed by atoms with Crippen LogP contribution in [0.2, 0.25) is 0 Å². The van der Waals surface area contributed by atoms with E-state index >= 15 is 0 Å². The minimum atomic E-state index is -0.286. The largest absolute Gasteiger partial charge is 0.493 e. The average molecular weight is 447 g/mol. The highest BCUT2D eigenvalue weighted by Gasteiger charge is 2.19. The predicted molar refractivity (Wildman–Crippen MR) is 127 cm³/mol. The average Bonchev–Trinajstić information content (AvgIpc) is 2.84. The van der Waals surface area contributed by atoms with Crippen molar-refractivity contribution in [3.8, 4) is 17.2 Å². The summed E-state index contributed by atoms with van der Waals surface area (Å²) in [6.07, 6.45) is 3.28. The van der Waals surface area contributed by atoms with Crippen LogP contribution in [0.1, 0.15) is 11.1 Å². The number of para-hydroxylation sites is 2. The van der Waals surface area contributed by atoms with E-state index in [1.165, 1.54) is 12.1 Å². The van der Waals surface area contributed by atoms with Crippen LogP contribution in [-0.4, -0.2) is 49.0 Å². The van der Waals surface area contributed by atoms with Gasteiger partial charge in [0, 0.05) is 38.8 Å². The van der Waals surface area contributed by atoms with Gasteiger partial charge in [0.2, 0.25) is 5.91 Å². The van der Waals surface area contributed by atoms with E-state index in [0.717, 1.165) is 36.5 Å². The highest BCUT2D eigenvalue weighted by molar-refractivity contribution is 5.91. The molecule has 4 rings (SSSR count). The summed E-state index contributed by atoms with van der Waals surface area (Å²) in [6.45, 7) is 3.73. The zero-order chi connectivity index (χ0) is 23.0. The van der Waals surface area contributed by atoms with E-state index in [9.17, 15) is 9.18 Å². The van der Waals surface area contributed by atoms with E-state index in [0.29, 0.717) is 24.6 Å². The fourth-order valence-electron chi connectivity index (χ4n) is 3.77. The molecule has 0 aromatic heterocycles. The Hall–Kier alpha value is -3.64. The first-order valence-electron chi connectivity index (χ1n) is 11.0. The van der Waals surface area contributed by atoms with Crippen LogP contribution in [0.15, 0.2) is 78.9 Å². The number of amides is 1. The topological polar surface area (TPSA) is 42.0 Å². The van der Waals surface area contributed by atoms with Crippen LogP contribution < -0.4 is 9.47 Å². The Morgan fingerprint density at radius 2 is 1.67 bits per heavy atom. The SMILES string of the molecule is COc1ccccc1Oc1cccc(CN2CCN(C(=O)C=Cc3ccc(F)cc3)CC2)c1. The summed E-state index contributed by atoms with van der Waals surface area (Å²) in [5.41, 5.74) is 1.96. The minimum Gasteiger partial charge on any atom is -0.493 e. The van der Waals surface area contributed by atoms with Crippen molar-refractivity contribution in [3.05, 3.63) is 95.8 Å². The molecule has 0 spiro atoms. The first-order valence-corrected chi connectivity index (χ1v) is 11.0. The van der Waals surface area contributed by atoms with Crippen LogP contribution in [0.25, 0.3) is 6.08 Å². The van der Waals surface area contributed by atoms with Crippen LogP contribution in [0.3, 0.4) is 0 Å². The van der Waals surface area contributed by atoms with Gasteiger partial charge in [-0.3, -0.25) is 9.69 Å². The number of piperazine rings is 1. The molecule has 0 radical (unpaired) electrons. The third-order valence-corrected chi connectivity index (χ3v) is 5.57. The quantitative estimate of drug-likeness (QED) is 0.480. The number of rotatable bonds is 7. The third kappa shape index (κ3) is 6.20. The van der Waals surface area contributed by atoms with E-state index in [2.05, 4.69) is 11.0 Å². The van der Waals surface area contributed by atoms with Gasteiger partial charge in [0.15, 0.2) is 11.5 Å². The lowest BCUT2D eigenvalue weighted by molar-refractivity contribution is -0.127. The molecule has 6 heteroatoms. The Labute approximate surface area is 193 Å². The first kappa shape index (κ1) is 22.6. The molecule has 5 nitrogen and oxygen atoms in total. The van der Waals surface area contributed by atoms with Gasteiger partial charge < -0.3 is 14.4 Å². The molecule has 0 bridgehead atoms. The number of benzene rings is 3. The van der Waals surface area contributed by atoms with E-state index < -0.39 is 0 Å². The van der Waals surface area contributed by atoms with Gasteiger partial charge in [-0.05, 0) is 53.6 Å². The lowest BCUT2D eigenvalue weighted by Gasteiger charge is -2.34. The molecule has 1 saturated heterocycles.